The molecular formula is C13H25NO4S. The number of ether oxygens (including phenoxy) is 1. The van der Waals surface area contributed by atoms with E-state index in [2.05, 4.69) is 5.32 Å². The van der Waals surface area contributed by atoms with Crippen LogP contribution >= 0.6 is 0 Å². The second kappa shape index (κ2) is 6.33. The molecule has 19 heavy (non-hydrogen) atoms. The lowest BCUT2D eigenvalue weighted by Crippen LogP contribution is -2.47. The smallest absolute Gasteiger partial charge is 0.407 e. The first-order valence-corrected chi connectivity index (χ1v) is 8.34. The molecule has 0 aromatic carbocycles. The molecule has 0 bridgehead atoms. The van der Waals surface area contributed by atoms with E-state index >= 15 is 0 Å². The highest BCUT2D eigenvalue weighted by Crippen LogP contribution is 2.29. The summed E-state index contributed by atoms with van der Waals surface area (Å²) < 4.78 is 16.4. The van der Waals surface area contributed by atoms with Crippen LogP contribution in [0.1, 0.15) is 46.5 Å². The first-order chi connectivity index (χ1) is 8.60. The van der Waals surface area contributed by atoms with Crippen molar-refractivity contribution in [3.63, 3.8) is 0 Å². The Kier molecular flexibility index (Phi) is 5.53. The monoisotopic (exact) mass is 291 g/mol. The fraction of sp³-hybridized carbons (Fsp3) is 0.923. The number of rotatable bonds is 3. The van der Waals surface area contributed by atoms with E-state index < -0.39 is 28.5 Å². The first kappa shape index (κ1) is 16.6. The highest BCUT2D eigenvalue weighted by molar-refractivity contribution is 7.90. The molecule has 0 saturated heterocycles. The number of nitrogens with one attached hydrogen (secondary N) is 1. The average molecular weight is 291 g/mol. The van der Waals surface area contributed by atoms with Gasteiger partial charge in [0.15, 0.2) is 0 Å². The molecule has 0 aliphatic heterocycles. The minimum Gasteiger partial charge on any atom is -0.616 e. The van der Waals surface area contributed by atoms with Gasteiger partial charge in [-0.2, -0.15) is 0 Å². The summed E-state index contributed by atoms with van der Waals surface area (Å²) in [5.41, 5.74) is -1.34. The summed E-state index contributed by atoms with van der Waals surface area (Å²) in [5, 5.41) is 13.1. The third kappa shape index (κ3) is 6.49. The standard InChI is InChI=1S/C13H25NO4S/c1-12(2,3)18-11(15)14-10-5-7-13(16,8-6-10)9-19(4)17/h10,16H,5-9H2,1-4H3,(H,14,15)/t10-,13+,19?. The first-order valence-electron chi connectivity index (χ1n) is 6.62. The number of hydrogen-bond donors (Lipinski definition) is 2. The SMILES string of the molecule is C[S+]([O-])C[C@]1(O)CC[C@@H](NC(=O)OC(C)(C)C)CC1. The van der Waals surface area contributed by atoms with Gasteiger partial charge in [0.25, 0.3) is 0 Å². The minimum atomic E-state index is -1.000. The Labute approximate surface area is 118 Å². The van der Waals surface area contributed by atoms with Gasteiger partial charge >= 0.3 is 6.09 Å². The summed E-state index contributed by atoms with van der Waals surface area (Å²) in [5.74, 6) is 0.312. The fourth-order valence-corrected chi connectivity index (χ4v) is 3.34. The summed E-state index contributed by atoms with van der Waals surface area (Å²) >= 11 is -1.000. The number of carbonyl (C=O) groups is 1. The quantitative estimate of drug-likeness (QED) is 0.773. The third-order valence-corrected chi connectivity index (χ3v) is 4.05. The van der Waals surface area contributed by atoms with Crippen molar-refractivity contribution in [2.45, 2.75) is 63.7 Å². The van der Waals surface area contributed by atoms with Crippen molar-refractivity contribution >= 4 is 17.3 Å². The van der Waals surface area contributed by atoms with Crippen LogP contribution in [0.15, 0.2) is 0 Å². The van der Waals surface area contributed by atoms with Gasteiger partial charge in [-0.1, -0.05) is 11.2 Å². The second-order valence-electron chi connectivity index (χ2n) is 6.36. The van der Waals surface area contributed by atoms with Gasteiger partial charge in [0.2, 0.25) is 0 Å². The average Bonchev–Trinajstić information content (AvgIpc) is 2.17. The Morgan fingerprint density at radius 1 is 1.47 bits per heavy atom. The summed E-state index contributed by atoms with van der Waals surface area (Å²) in [6.07, 6.45) is 3.69. The molecule has 1 rings (SSSR count). The highest BCUT2D eigenvalue weighted by Gasteiger charge is 2.37. The van der Waals surface area contributed by atoms with Crippen LogP contribution in [-0.2, 0) is 15.9 Å². The van der Waals surface area contributed by atoms with Crippen molar-refractivity contribution in [1.82, 2.24) is 5.32 Å². The maximum Gasteiger partial charge on any atom is 0.407 e. The van der Waals surface area contributed by atoms with Crippen molar-refractivity contribution in [3.8, 4) is 0 Å². The molecule has 1 aliphatic rings. The predicted molar refractivity (Wildman–Crippen MR) is 75.5 cm³/mol. The van der Waals surface area contributed by atoms with Gasteiger partial charge < -0.3 is 19.7 Å². The maximum absolute atomic E-state index is 11.6. The summed E-state index contributed by atoms with van der Waals surface area (Å²) in [6.45, 7) is 5.47. The highest BCUT2D eigenvalue weighted by atomic mass is 32.2. The normalized spacial score (nSPS) is 29.7. The van der Waals surface area contributed by atoms with E-state index in [1.165, 1.54) is 0 Å². The van der Waals surface area contributed by atoms with Gasteiger partial charge in [-0.15, -0.1) is 0 Å². The maximum atomic E-state index is 11.6. The van der Waals surface area contributed by atoms with Gasteiger partial charge in [-0.3, -0.25) is 0 Å². The van der Waals surface area contributed by atoms with Gasteiger partial charge in [-0.25, -0.2) is 4.79 Å². The molecule has 1 fully saturated rings. The van der Waals surface area contributed by atoms with Crippen LogP contribution in [0, 0.1) is 0 Å². The Morgan fingerprint density at radius 3 is 2.42 bits per heavy atom. The van der Waals surface area contributed by atoms with Crippen molar-refractivity contribution in [3.05, 3.63) is 0 Å². The van der Waals surface area contributed by atoms with E-state index in [-0.39, 0.29) is 6.04 Å². The second-order valence-corrected chi connectivity index (χ2v) is 7.80. The summed E-state index contributed by atoms with van der Waals surface area (Å²) in [7, 11) is 0. The molecule has 0 aromatic rings. The zero-order valence-corrected chi connectivity index (χ0v) is 13.0. The van der Waals surface area contributed by atoms with Crippen molar-refractivity contribution < 1.29 is 19.2 Å². The molecule has 0 spiro atoms. The fourth-order valence-electron chi connectivity index (χ4n) is 2.30. The van der Waals surface area contributed by atoms with Gasteiger partial charge in [0.05, 0.1) is 6.26 Å². The van der Waals surface area contributed by atoms with Crippen LogP contribution in [0.5, 0.6) is 0 Å². The predicted octanol–water partition coefficient (Wildman–Crippen LogP) is 1.56. The largest absolute Gasteiger partial charge is 0.616 e. The lowest BCUT2D eigenvalue weighted by Gasteiger charge is -2.35. The van der Waals surface area contributed by atoms with Crippen molar-refractivity contribution in [2.75, 3.05) is 12.0 Å². The third-order valence-electron chi connectivity index (χ3n) is 3.11. The molecule has 2 N–H and O–H groups in total. The van der Waals surface area contributed by atoms with E-state index in [4.69, 9.17) is 4.74 Å². The minimum absolute atomic E-state index is 0.0282. The van der Waals surface area contributed by atoms with Crippen LogP contribution in [0.3, 0.4) is 0 Å². The molecule has 6 heteroatoms. The molecule has 0 aromatic heterocycles. The van der Waals surface area contributed by atoms with Crippen LogP contribution < -0.4 is 5.32 Å². The lowest BCUT2D eigenvalue weighted by atomic mass is 9.83. The van der Waals surface area contributed by atoms with Crippen molar-refractivity contribution in [2.24, 2.45) is 0 Å². The van der Waals surface area contributed by atoms with Crippen LogP contribution in [0.25, 0.3) is 0 Å². The Hall–Kier alpha value is -0.460. The topological polar surface area (TPSA) is 81.6 Å². The lowest BCUT2D eigenvalue weighted by molar-refractivity contribution is 0.0120. The van der Waals surface area contributed by atoms with Crippen molar-refractivity contribution in [1.29, 1.82) is 0 Å². The zero-order chi connectivity index (χ0) is 14.7. The number of carbonyl (C=O) groups excluding carboxylic acids is 1. The van der Waals surface area contributed by atoms with Gasteiger partial charge in [0, 0.05) is 6.04 Å². The molecule has 1 amide bonds. The number of aliphatic hydroxyl groups is 1. The van der Waals surface area contributed by atoms with E-state index in [0.29, 0.717) is 31.4 Å². The van der Waals surface area contributed by atoms with E-state index in [9.17, 15) is 14.5 Å². The molecule has 1 atom stereocenters. The van der Waals surface area contributed by atoms with Crippen LogP contribution in [0.2, 0.25) is 0 Å². The molecule has 1 saturated carbocycles. The molecule has 0 radical (unpaired) electrons. The van der Waals surface area contributed by atoms with Gasteiger partial charge in [0.1, 0.15) is 17.0 Å². The number of hydrogen-bond acceptors (Lipinski definition) is 4. The van der Waals surface area contributed by atoms with E-state index in [1.54, 1.807) is 6.26 Å². The van der Waals surface area contributed by atoms with Crippen LogP contribution in [-0.4, -0.2) is 45.0 Å². The Morgan fingerprint density at radius 2 is 2.00 bits per heavy atom. The van der Waals surface area contributed by atoms with Crippen LogP contribution in [0.4, 0.5) is 4.79 Å². The van der Waals surface area contributed by atoms with E-state index in [0.717, 1.165) is 0 Å². The summed E-state index contributed by atoms with van der Waals surface area (Å²) in [6, 6.07) is 0.0282. The molecular weight excluding hydrogens is 266 g/mol. The Bertz CT molecular complexity index is 306. The van der Waals surface area contributed by atoms with E-state index in [1.807, 2.05) is 20.8 Å². The Balaban J connectivity index is 2.36. The number of alkyl carbamates (subject to hydrolysis) is 1. The summed E-state index contributed by atoms with van der Waals surface area (Å²) in [4.78, 5) is 11.6. The molecule has 5 nitrogen and oxygen atoms in total. The molecule has 0 heterocycles. The molecule has 1 unspecified atom stereocenters. The van der Waals surface area contributed by atoms with Gasteiger partial charge in [-0.05, 0) is 46.5 Å². The molecule has 112 valence electrons. The number of amides is 1. The zero-order valence-electron chi connectivity index (χ0n) is 12.2. The molecule has 1 aliphatic carbocycles.